The summed E-state index contributed by atoms with van der Waals surface area (Å²) in [6.45, 7) is 4.37. The number of hydrogen-bond acceptors (Lipinski definition) is 6. The summed E-state index contributed by atoms with van der Waals surface area (Å²) in [5.74, 6) is 0.888. The van der Waals surface area contributed by atoms with Gasteiger partial charge in [-0.15, -0.1) is 0 Å². The van der Waals surface area contributed by atoms with Gasteiger partial charge in [-0.3, -0.25) is 10.1 Å². The molecule has 0 amide bonds. The molecule has 2 N–H and O–H groups in total. The van der Waals surface area contributed by atoms with Gasteiger partial charge in [-0.05, 0) is 25.5 Å². The zero-order chi connectivity index (χ0) is 14.8. The standard InChI is InChI=1S/C13H16N4O3/c1-3-13(2,8-14)12-15-11(16-20-12)9-4-6-10(7-5-9)17(18)19/h4-7H,3,8,14H2,1-2H3. The van der Waals surface area contributed by atoms with Crippen LogP contribution in [0.25, 0.3) is 11.4 Å². The van der Waals surface area contributed by atoms with E-state index in [-0.39, 0.29) is 11.1 Å². The van der Waals surface area contributed by atoms with Crippen molar-refractivity contribution in [1.82, 2.24) is 10.1 Å². The van der Waals surface area contributed by atoms with Crippen molar-refractivity contribution in [3.8, 4) is 11.4 Å². The number of hydrogen-bond donors (Lipinski definition) is 1. The van der Waals surface area contributed by atoms with Gasteiger partial charge < -0.3 is 10.3 Å². The second kappa shape index (κ2) is 5.38. The minimum atomic E-state index is -0.450. The first kappa shape index (κ1) is 14.1. The fourth-order valence-corrected chi connectivity index (χ4v) is 1.70. The zero-order valence-electron chi connectivity index (χ0n) is 11.4. The number of rotatable bonds is 5. The molecule has 2 aromatic rings. The van der Waals surface area contributed by atoms with Crippen LogP contribution in [0.1, 0.15) is 26.2 Å². The number of nitro groups is 1. The maximum Gasteiger partial charge on any atom is 0.269 e. The van der Waals surface area contributed by atoms with E-state index in [4.69, 9.17) is 10.3 Å². The van der Waals surface area contributed by atoms with E-state index in [1.165, 1.54) is 12.1 Å². The minimum absolute atomic E-state index is 0.0258. The molecule has 0 fully saturated rings. The topological polar surface area (TPSA) is 108 Å². The van der Waals surface area contributed by atoms with Crippen LogP contribution in [0.3, 0.4) is 0 Å². The molecule has 0 bridgehead atoms. The molecule has 0 radical (unpaired) electrons. The van der Waals surface area contributed by atoms with Crippen molar-refractivity contribution in [3.63, 3.8) is 0 Å². The van der Waals surface area contributed by atoms with Crippen LogP contribution in [0.5, 0.6) is 0 Å². The first-order valence-electron chi connectivity index (χ1n) is 6.29. The Morgan fingerprint density at radius 2 is 2.05 bits per heavy atom. The van der Waals surface area contributed by atoms with Crippen molar-refractivity contribution in [2.75, 3.05) is 6.54 Å². The summed E-state index contributed by atoms with van der Waals surface area (Å²) in [4.78, 5) is 14.5. The van der Waals surface area contributed by atoms with Crippen LogP contribution >= 0.6 is 0 Å². The normalized spacial score (nSPS) is 13.9. The van der Waals surface area contributed by atoms with E-state index in [0.717, 1.165) is 6.42 Å². The average molecular weight is 276 g/mol. The lowest BCUT2D eigenvalue weighted by molar-refractivity contribution is -0.384. The first-order valence-corrected chi connectivity index (χ1v) is 6.29. The number of aromatic nitrogens is 2. The van der Waals surface area contributed by atoms with Crippen LogP contribution in [0.2, 0.25) is 0 Å². The van der Waals surface area contributed by atoms with Crippen molar-refractivity contribution < 1.29 is 9.45 Å². The van der Waals surface area contributed by atoms with Crippen molar-refractivity contribution in [3.05, 3.63) is 40.3 Å². The molecular weight excluding hydrogens is 260 g/mol. The van der Waals surface area contributed by atoms with Gasteiger partial charge in [0, 0.05) is 24.2 Å². The monoisotopic (exact) mass is 276 g/mol. The number of nitrogens with two attached hydrogens (primary N) is 1. The Kier molecular flexibility index (Phi) is 3.80. The van der Waals surface area contributed by atoms with Crippen LogP contribution in [0, 0.1) is 10.1 Å². The number of nitrogens with zero attached hydrogens (tertiary/aromatic N) is 3. The van der Waals surface area contributed by atoms with Gasteiger partial charge in [0.25, 0.3) is 5.69 Å². The molecule has 0 aliphatic rings. The molecule has 7 heteroatoms. The maximum absolute atomic E-state index is 10.6. The minimum Gasteiger partial charge on any atom is -0.338 e. The Balaban J connectivity index is 2.31. The van der Waals surface area contributed by atoms with Crippen molar-refractivity contribution in [2.45, 2.75) is 25.7 Å². The number of nitro benzene ring substituents is 1. The third-order valence-corrected chi connectivity index (χ3v) is 3.51. The van der Waals surface area contributed by atoms with Gasteiger partial charge >= 0.3 is 0 Å². The highest BCUT2D eigenvalue weighted by Crippen LogP contribution is 2.27. The highest BCUT2D eigenvalue weighted by Gasteiger charge is 2.29. The molecule has 0 spiro atoms. The Bertz CT molecular complexity index is 602. The predicted molar refractivity (Wildman–Crippen MR) is 73.1 cm³/mol. The van der Waals surface area contributed by atoms with Gasteiger partial charge in [-0.1, -0.05) is 12.1 Å². The van der Waals surface area contributed by atoms with Crippen LogP contribution < -0.4 is 5.73 Å². The molecule has 7 nitrogen and oxygen atoms in total. The van der Waals surface area contributed by atoms with Crippen molar-refractivity contribution >= 4 is 5.69 Å². The third-order valence-electron chi connectivity index (χ3n) is 3.51. The Labute approximate surface area is 115 Å². The SMILES string of the molecule is CCC(C)(CN)c1nc(-c2ccc([N+](=O)[O-])cc2)no1. The van der Waals surface area contributed by atoms with Gasteiger partial charge in [0.2, 0.25) is 11.7 Å². The van der Waals surface area contributed by atoms with E-state index in [2.05, 4.69) is 10.1 Å². The molecule has 0 saturated heterocycles. The van der Waals surface area contributed by atoms with Gasteiger partial charge in [0.05, 0.1) is 10.3 Å². The second-order valence-electron chi connectivity index (χ2n) is 4.85. The summed E-state index contributed by atoms with van der Waals surface area (Å²) in [7, 11) is 0. The Hall–Kier alpha value is -2.28. The lowest BCUT2D eigenvalue weighted by Crippen LogP contribution is -2.31. The average Bonchev–Trinajstić information content (AvgIpc) is 2.97. The summed E-state index contributed by atoms with van der Waals surface area (Å²) in [5, 5.41) is 14.5. The van der Waals surface area contributed by atoms with E-state index in [9.17, 15) is 10.1 Å². The molecule has 1 aromatic heterocycles. The van der Waals surface area contributed by atoms with Crippen LogP contribution in [0.4, 0.5) is 5.69 Å². The summed E-state index contributed by atoms with van der Waals surface area (Å²) in [6.07, 6.45) is 0.783. The number of benzene rings is 1. The van der Waals surface area contributed by atoms with Crippen LogP contribution in [-0.2, 0) is 5.41 Å². The van der Waals surface area contributed by atoms with E-state index < -0.39 is 4.92 Å². The smallest absolute Gasteiger partial charge is 0.269 e. The molecule has 0 saturated carbocycles. The van der Waals surface area contributed by atoms with E-state index in [1.54, 1.807) is 12.1 Å². The molecular formula is C13H16N4O3. The maximum atomic E-state index is 10.6. The van der Waals surface area contributed by atoms with E-state index >= 15 is 0 Å². The fourth-order valence-electron chi connectivity index (χ4n) is 1.70. The van der Waals surface area contributed by atoms with E-state index in [1.807, 2.05) is 13.8 Å². The predicted octanol–water partition coefficient (Wildman–Crippen LogP) is 2.27. The van der Waals surface area contributed by atoms with Gasteiger partial charge in [0.15, 0.2) is 0 Å². The fraction of sp³-hybridized carbons (Fsp3) is 0.385. The molecule has 106 valence electrons. The van der Waals surface area contributed by atoms with Crippen molar-refractivity contribution in [2.24, 2.45) is 5.73 Å². The largest absolute Gasteiger partial charge is 0.338 e. The van der Waals surface area contributed by atoms with Crippen molar-refractivity contribution in [1.29, 1.82) is 0 Å². The third kappa shape index (κ3) is 2.53. The molecule has 1 unspecified atom stereocenters. The molecule has 1 heterocycles. The number of non-ortho nitro benzene ring substituents is 1. The summed E-state index contributed by atoms with van der Waals surface area (Å²) >= 11 is 0. The Morgan fingerprint density at radius 1 is 1.40 bits per heavy atom. The summed E-state index contributed by atoms with van der Waals surface area (Å²) < 4.78 is 5.27. The van der Waals surface area contributed by atoms with Gasteiger partial charge in [0.1, 0.15) is 0 Å². The lowest BCUT2D eigenvalue weighted by Gasteiger charge is -2.20. The zero-order valence-corrected chi connectivity index (χ0v) is 11.4. The molecule has 1 aromatic carbocycles. The van der Waals surface area contributed by atoms with Crippen LogP contribution in [-0.4, -0.2) is 21.6 Å². The molecule has 0 aliphatic carbocycles. The molecule has 1 atom stereocenters. The summed E-state index contributed by atoms with van der Waals surface area (Å²) in [6, 6.07) is 6.01. The van der Waals surface area contributed by atoms with Gasteiger partial charge in [-0.25, -0.2) is 0 Å². The highest BCUT2D eigenvalue weighted by molar-refractivity contribution is 5.56. The van der Waals surface area contributed by atoms with Gasteiger partial charge in [-0.2, -0.15) is 4.98 Å². The highest BCUT2D eigenvalue weighted by atomic mass is 16.6. The molecule has 20 heavy (non-hydrogen) atoms. The van der Waals surface area contributed by atoms with Crippen LogP contribution in [0.15, 0.2) is 28.8 Å². The quantitative estimate of drug-likeness (QED) is 0.662. The van der Waals surface area contributed by atoms with E-state index in [0.29, 0.717) is 23.8 Å². The molecule has 0 aliphatic heterocycles. The first-order chi connectivity index (χ1) is 9.50. The molecule has 2 rings (SSSR count). The summed E-state index contributed by atoms with van der Waals surface area (Å²) in [5.41, 5.74) is 6.09. The lowest BCUT2D eigenvalue weighted by atomic mass is 9.88. The second-order valence-corrected chi connectivity index (χ2v) is 4.85. The Morgan fingerprint density at radius 3 is 2.55 bits per heavy atom.